The Morgan fingerprint density at radius 2 is 1.81 bits per heavy atom. The van der Waals surface area contributed by atoms with Crippen LogP contribution in [0.3, 0.4) is 0 Å². The average molecular weight is 701 g/mol. The van der Waals surface area contributed by atoms with E-state index in [9.17, 15) is 9.65 Å². The molecule has 1 aliphatic rings. The highest BCUT2D eigenvalue weighted by molar-refractivity contribution is 7.16. The Bertz CT molecular complexity index is 2180. The lowest BCUT2D eigenvalue weighted by molar-refractivity contribution is 0.0866. The van der Waals surface area contributed by atoms with E-state index >= 15 is 0 Å². The van der Waals surface area contributed by atoms with E-state index < -0.39 is 11.9 Å². The molecule has 0 amide bonds. The van der Waals surface area contributed by atoms with Gasteiger partial charge in [-0.25, -0.2) is 14.1 Å². The third-order valence-electron chi connectivity index (χ3n) is 8.86. The van der Waals surface area contributed by atoms with Crippen LogP contribution in [0.15, 0.2) is 66.4 Å². The molecule has 0 spiro atoms. The lowest BCUT2D eigenvalue weighted by atomic mass is 9.98. The maximum Gasteiger partial charge on any atom is 0.141 e. The highest BCUT2D eigenvalue weighted by Crippen LogP contribution is 2.38. The zero-order valence-corrected chi connectivity index (χ0v) is 28.8. The standard InChI is InChI=1S/C35H32Cl2FN9S/c1-35(2,3)46-11-9-23(10-12-46)47-18-29(44-45-47)33(24-5-4-6-30-34(24)41-19-48-30)43-22-13-25-31(42-21-7-8-28(38)26(36)14-21)20(16-39)17-40-32(25)27(37)15-22/h4-8,13-15,17-19,23,33,43H,9-12H2,1-3H3,(H,40,42)/t33-/m0/s1. The first-order valence-corrected chi connectivity index (χ1v) is 17.2. The minimum Gasteiger partial charge on any atom is -0.373 e. The molecule has 9 nitrogen and oxygen atoms in total. The number of halogens is 3. The summed E-state index contributed by atoms with van der Waals surface area (Å²) in [6.07, 6.45) is 5.47. The van der Waals surface area contributed by atoms with Crippen molar-refractivity contribution in [3.63, 3.8) is 0 Å². The van der Waals surface area contributed by atoms with Crippen LogP contribution in [0, 0.1) is 17.1 Å². The first-order valence-electron chi connectivity index (χ1n) is 15.6. The molecule has 48 heavy (non-hydrogen) atoms. The maximum atomic E-state index is 13.9. The van der Waals surface area contributed by atoms with Crippen LogP contribution in [0.5, 0.6) is 0 Å². The maximum absolute atomic E-state index is 13.9. The van der Waals surface area contributed by atoms with E-state index in [1.807, 2.05) is 40.7 Å². The summed E-state index contributed by atoms with van der Waals surface area (Å²) in [6, 6.07) is 16.1. The summed E-state index contributed by atoms with van der Waals surface area (Å²) in [5.74, 6) is -0.537. The van der Waals surface area contributed by atoms with Crippen molar-refractivity contribution >= 4 is 72.7 Å². The molecule has 7 rings (SSSR count). The number of para-hydroxylation sites is 1. The molecule has 1 saturated heterocycles. The summed E-state index contributed by atoms with van der Waals surface area (Å²) in [5, 5.41) is 27.2. The van der Waals surface area contributed by atoms with Crippen molar-refractivity contribution in [1.82, 2.24) is 29.9 Å². The predicted octanol–water partition coefficient (Wildman–Crippen LogP) is 9.13. The number of fused-ring (bicyclic) bond motifs is 2. The van der Waals surface area contributed by atoms with E-state index in [0.29, 0.717) is 38.6 Å². The van der Waals surface area contributed by atoms with Crippen LogP contribution in [-0.4, -0.2) is 48.5 Å². The molecule has 0 radical (unpaired) electrons. The van der Waals surface area contributed by atoms with Crippen molar-refractivity contribution in [1.29, 1.82) is 5.26 Å². The number of nitriles is 1. The molecule has 2 N–H and O–H groups in total. The fourth-order valence-electron chi connectivity index (χ4n) is 6.30. The molecule has 13 heteroatoms. The number of benzene rings is 3. The second-order valence-corrected chi connectivity index (χ2v) is 14.6. The van der Waals surface area contributed by atoms with Crippen molar-refractivity contribution in [2.75, 3.05) is 23.7 Å². The number of anilines is 3. The Hall–Kier alpha value is -4.34. The summed E-state index contributed by atoms with van der Waals surface area (Å²) in [4.78, 5) is 11.7. The van der Waals surface area contributed by atoms with E-state index in [2.05, 4.69) is 58.6 Å². The third kappa shape index (κ3) is 6.29. The monoisotopic (exact) mass is 699 g/mol. The molecule has 1 aliphatic heterocycles. The first kappa shape index (κ1) is 32.2. The molecule has 4 heterocycles. The molecule has 6 aromatic rings. The van der Waals surface area contributed by atoms with Crippen molar-refractivity contribution < 1.29 is 4.39 Å². The normalized spacial score (nSPS) is 15.1. The number of thiazole rings is 1. The van der Waals surface area contributed by atoms with Crippen LogP contribution >= 0.6 is 34.5 Å². The van der Waals surface area contributed by atoms with Gasteiger partial charge in [0.2, 0.25) is 0 Å². The highest BCUT2D eigenvalue weighted by Gasteiger charge is 2.29. The first-order chi connectivity index (χ1) is 23.1. The van der Waals surface area contributed by atoms with Crippen LogP contribution in [0.2, 0.25) is 10.0 Å². The Morgan fingerprint density at radius 3 is 2.56 bits per heavy atom. The van der Waals surface area contributed by atoms with E-state index in [-0.39, 0.29) is 16.6 Å². The molecule has 0 aliphatic carbocycles. The number of likely N-dealkylation sites (tertiary alicyclic amines) is 1. The van der Waals surface area contributed by atoms with Crippen molar-refractivity contribution in [2.24, 2.45) is 0 Å². The topological polar surface area (TPSA) is 108 Å². The van der Waals surface area contributed by atoms with E-state index in [1.165, 1.54) is 18.3 Å². The van der Waals surface area contributed by atoms with Gasteiger partial charge in [0.15, 0.2) is 0 Å². The molecule has 1 atom stereocenters. The predicted molar refractivity (Wildman–Crippen MR) is 191 cm³/mol. The minimum absolute atomic E-state index is 0.0379. The molecular weight excluding hydrogens is 668 g/mol. The van der Waals surface area contributed by atoms with Crippen LogP contribution in [-0.2, 0) is 0 Å². The number of hydrogen-bond acceptors (Lipinski definition) is 9. The van der Waals surface area contributed by atoms with Gasteiger partial charge in [-0.15, -0.1) is 16.4 Å². The van der Waals surface area contributed by atoms with Gasteiger partial charge in [-0.3, -0.25) is 9.88 Å². The van der Waals surface area contributed by atoms with Crippen molar-refractivity contribution in [3.05, 3.63) is 99.1 Å². The number of pyridine rings is 1. The third-order valence-corrected chi connectivity index (χ3v) is 10.2. The molecule has 244 valence electrons. The molecule has 0 saturated carbocycles. The lowest BCUT2D eigenvalue weighted by Gasteiger charge is -2.40. The van der Waals surface area contributed by atoms with Gasteiger partial charge in [0, 0.05) is 47.1 Å². The average Bonchev–Trinajstić information content (AvgIpc) is 3.76. The van der Waals surface area contributed by atoms with Crippen LogP contribution < -0.4 is 10.6 Å². The SMILES string of the molecule is CC(C)(C)N1CCC(n2cc([C@@H](Nc3cc(Cl)c4ncc(C#N)c(Nc5ccc(F)c(Cl)c5)c4c3)c3cccc4scnc34)nn2)CC1. The van der Waals surface area contributed by atoms with Gasteiger partial charge in [0.25, 0.3) is 0 Å². The van der Waals surface area contributed by atoms with Crippen LogP contribution in [0.4, 0.5) is 21.5 Å². The summed E-state index contributed by atoms with van der Waals surface area (Å²) >= 11 is 14.5. The van der Waals surface area contributed by atoms with Gasteiger partial charge < -0.3 is 10.6 Å². The van der Waals surface area contributed by atoms with Gasteiger partial charge in [0.05, 0.1) is 60.8 Å². The van der Waals surface area contributed by atoms with Gasteiger partial charge in [0.1, 0.15) is 17.6 Å². The van der Waals surface area contributed by atoms with Gasteiger partial charge in [-0.05, 0) is 70.0 Å². The Kier molecular flexibility index (Phi) is 8.68. The summed E-state index contributed by atoms with van der Waals surface area (Å²) < 4.78 is 17.0. The number of rotatable bonds is 7. The number of aromatic nitrogens is 5. The Balaban J connectivity index is 1.28. The van der Waals surface area contributed by atoms with Crippen LogP contribution in [0.25, 0.3) is 21.1 Å². The minimum atomic E-state index is -0.537. The van der Waals surface area contributed by atoms with E-state index in [0.717, 1.165) is 47.4 Å². The second-order valence-electron chi connectivity index (χ2n) is 12.9. The Morgan fingerprint density at radius 1 is 1.02 bits per heavy atom. The molecule has 0 unspecified atom stereocenters. The molecule has 3 aromatic carbocycles. The lowest BCUT2D eigenvalue weighted by Crippen LogP contribution is -2.46. The smallest absolute Gasteiger partial charge is 0.141 e. The molecule has 0 bridgehead atoms. The number of hydrogen-bond donors (Lipinski definition) is 2. The highest BCUT2D eigenvalue weighted by atomic mass is 35.5. The Labute approximate surface area is 291 Å². The molecule has 1 fully saturated rings. The quantitative estimate of drug-likeness (QED) is 0.170. The fourth-order valence-corrected chi connectivity index (χ4v) is 7.46. The zero-order chi connectivity index (χ0) is 33.6. The van der Waals surface area contributed by atoms with Gasteiger partial charge >= 0.3 is 0 Å². The summed E-state index contributed by atoms with van der Waals surface area (Å²) in [6.45, 7) is 8.76. The molecular formula is C35H32Cl2FN9S. The van der Waals surface area contributed by atoms with Crippen molar-refractivity contribution in [3.8, 4) is 6.07 Å². The summed E-state index contributed by atoms with van der Waals surface area (Å²) in [5.41, 5.74) is 7.00. The summed E-state index contributed by atoms with van der Waals surface area (Å²) in [7, 11) is 0. The van der Waals surface area contributed by atoms with Gasteiger partial charge in [-0.1, -0.05) is 40.5 Å². The van der Waals surface area contributed by atoms with Gasteiger partial charge in [-0.2, -0.15) is 5.26 Å². The largest absolute Gasteiger partial charge is 0.373 e. The van der Waals surface area contributed by atoms with Crippen molar-refractivity contribution in [2.45, 2.75) is 51.2 Å². The van der Waals surface area contributed by atoms with Crippen LogP contribution in [0.1, 0.15) is 62.5 Å². The van der Waals surface area contributed by atoms with E-state index in [1.54, 1.807) is 17.4 Å². The molecule has 3 aromatic heterocycles. The fraction of sp³-hybridized carbons (Fsp3) is 0.286. The number of nitrogens with one attached hydrogen (secondary N) is 2. The van der Waals surface area contributed by atoms with E-state index in [4.69, 9.17) is 33.3 Å². The number of piperidine rings is 1. The second kappa shape index (κ2) is 12.9. The zero-order valence-electron chi connectivity index (χ0n) is 26.5. The number of nitrogens with zero attached hydrogens (tertiary/aromatic N) is 7.